The van der Waals surface area contributed by atoms with Crippen molar-refractivity contribution in [1.82, 2.24) is 9.97 Å². The molecule has 0 amide bonds. The second-order valence-electron chi connectivity index (χ2n) is 7.89. The van der Waals surface area contributed by atoms with Gasteiger partial charge in [-0.1, -0.05) is 53.0 Å². The fourth-order valence-corrected chi connectivity index (χ4v) is 4.34. The van der Waals surface area contributed by atoms with Crippen LogP contribution in [-0.2, 0) is 6.61 Å². The summed E-state index contributed by atoms with van der Waals surface area (Å²) in [6.07, 6.45) is 0. The Hall–Kier alpha value is -2.93. The molecular weight excluding hydrogens is 527 g/mol. The van der Waals surface area contributed by atoms with Crippen molar-refractivity contribution >= 4 is 40.8 Å². The van der Waals surface area contributed by atoms with Crippen LogP contribution in [0.25, 0.3) is 22.4 Å². The van der Waals surface area contributed by atoms with Gasteiger partial charge in [0.1, 0.15) is 6.61 Å². The average molecular weight is 549 g/mol. The van der Waals surface area contributed by atoms with Crippen LogP contribution in [-0.4, -0.2) is 23.1 Å². The topological polar surface area (TPSA) is 38.2 Å². The number of benzene rings is 3. The van der Waals surface area contributed by atoms with Crippen LogP contribution in [0.4, 0.5) is 14.7 Å². The van der Waals surface area contributed by atoms with Crippen LogP contribution in [0.1, 0.15) is 19.4 Å². The Kier molecular flexibility index (Phi) is 8.29. The first kappa shape index (κ1) is 26.1. The highest BCUT2D eigenvalue weighted by Gasteiger charge is 2.23. The Balaban J connectivity index is 1.93. The molecule has 9 heteroatoms. The highest BCUT2D eigenvalue weighted by atomic mass is 35.5. The molecule has 3 aromatic carbocycles. The normalized spacial score (nSPS) is 11.0. The Bertz CT molecular complexity index is 1380. The Morgan fingerprint density at radius 3 is 2.14 bits per heavy atom. The summed E-state index contributed by atoms with van der Waals surface area (Å²) >= 11 is 18.9. The SMILES string of the molecule is CCN(CC)c1nc(OCc2ccc(F)c(F)c2)c(-c2ccc(Cl)cc2)c(-c2ccc(Cl)cc2Cl)n1. The summed E-state index contributed by atoms with van der Waals surface area (Å²) in [6, 6.07) is 16.0. The molecule has 0 bridgehead atoms. The Labute approximate surface area is 223 Å². The van der Waals surface area contributed by atoms with Gasteiger partial charge in [0.25, 0.3) is 0 Å². The molecule has 0 radical (unpaired) electrons. The third-order valence-corrected chi connectivity index (χ3v) is 6.39. The lowest BCUT2D eigenvalue weighted by molar-refractivity contribution is 0.294. The van der Waals surface area contributed by atoms with Gasteiger partial charge in [-0.25, -0.2) is 13.8 Å². The van der Waals surface area contributed by atoms with E-state index in [1.165, 1.54) is 6.07 Å². The minimum Gasteiger partial charge on any atom is -0.472 e. The quantitative estimate of drug-likeness (QED) is 0.221. The van der Waals surface area contributed by atoms with Gasteiger partial charge in [-0.3, -0.25) is 0 Å². The molecule has 0 aliphatic heterocycles. The predicted octanol–water partition coefficient (Wildman–Crippen LogP) is 8.47. The molecule has 0 spiro atoms. The molecule has 1 aromatic heterocycles. The fraction of sp³-hybridized carbons (Fsp3) is 0.185. The lowest BCUT2D eigenvalue weighted by Crippen LogP contribution is -2.24. The minimum absolute atomic E-state index is 0.0414. The molecule has 0 unspecified atom stereocenters. The Morgan fingerprint density at radius 1 is 0.806 bits per heavy atom. The van der Waals surface area contributed by atoms with Crippen molar-refractivity contribution in [2.75, 3.05) is 18.0 Å². The van der Waals surface area contributed by atoms with E-state index in [1.54, 1.807) is 30.3 Å². The van der Waals surface area contributed by atoms with Gasteiger partial charge in [-0.2, -0.15) is 4.98 Å². The van der Waals surface area contributed by atoms with Crippen molar-refractivity contribution in [2.24, 2.45) is 0 Å². The monoisotopic (exact) mass is 547 g/mol. The third-order valence-electron chi connectivity index (χ3n) is 5.59. The lowest BCUT2D eigenvalue weighted by Gasteiger charge is -2.23. The maximum Gasteiger partial charge on any atom is 0.229 e. The van der Waals surface area contributed by atoms with E-state index < -0.39 is 11.6 Å². The van der Waals surface area contributed by atoms with Crippen LogP contribution in [0.2, 0.25) is 15.1 Å². The van der Waals surface area contributed by atoms with Crippen molar-refractivity contribution < 1.29 is 13.5 Å². The molecular formula is C27H22Cl3F2N3O. The molecule has 0 aliphatic carbocycles. The summed E-state index contributed by atoms with van der Waals surface area (Å²) in [7, 11) is 0. The Morgan fingerprint density at radius 2 is 1.50 bits per heavy atom. The zero-order valence-corrected chi connectivity index (χ0v) is 21.8. The van der Waals surface area contributed by atoms with E-state index in [-0.39, 0.29) is 12.5 Å². The van der Waals surface area contributed by atoms with Crippen LogP contribution >= 0.6 is 34.8 Å². The smallest absolute Gasteiger partial charge is 0.229 e. The second kappa shape index (κ2) is 11.4. The number of hydrogen-bond acceptors (Lipinski definition) is 4. The molecule has 4 nitrogen and oxygen atoms in total. The lowest BCUT2D eigenvalue weighted by atomic mass is 10.00. The van der Waals surface area contributed by atoms with E-state index in [2.05, 4.69) is 0 Å². The highest BCUT2D eigenvalue weighted by molar-refractivity contribution is 6.36. The molecule has 36 heavy (non-hydrogen) atoms. The number of aromatic nitrogens is 2. The van der Waals surface area contributed by atoms with Crippen LogP contribution in [0.3, 0.4) is 0 Å². The van der Waals surface area contributed by atoms with E-state index in [0.29, 0.717) is 56.5 Å². The van der Waals surface area contributed by atoms with Crippen LogP contribution < -0.4 is 9.64 Å². The zero-order chi connectivity index (χ0) is 25.8. The largest absolute Gasteiger partial charge is 0.472 e. The molecule has 0 N–H and O–H groups in total. The van der Waals surface area contributed by atoms with Crippen LogP contribution in [0.15, 0.2) is 60.7 Å². The van der Waals surface area contributed by atoms with E-state index in [1.807, 2.05) is 30.9 Å². The van der Waals surface area contributed by atoms with Gasteiger partial charge in [-0.15, -0.1) is 0 Å². The molecule has 0 saturated heterocycles. The number of rotatable bonds is 8. The van der Waals surface area contributed by atoms with E-state index in [0.717, 1.165) is 17.7 Å². The fourth-order valence-electron chi connectivity index (χ4n) is 3.72. The van der Waals surface area contributed by atoms with Crippen molar-refractivity contribution in [3.05, 3.63) is 92.9 Å². The van der Waals surface area contributed by atoms with Crippen molar-refractivity contribution in [2.45, 2.75) is 20.5 Å². The maximum absolute atomic E-state index is 13.8. The predicted molar refractivity (Wildman–Crippen MR) is 142 cm³/mol. The van der Waals surface area contributed by atoms with Crippen LogP contribution in [0.5, 0.6) is 5.88 Å². The van der Waals surface area contributed by atoms with Gasteiger partial charge in [0.2, 0.25) is 11.8 Å². The van der Waals surface area contributed by atoms with Gasteiger partial charge in [0, 0.05) is 28.7 Å². The van der Waals surface area contributed by atoms with Gasteiger partial charge >= 0.3 is 0 Å². The molecule has 0 atom stereocenters. The summed E-state index contributed by atoms with van der Waals surface area (Å²) in [5.41, 5.74) is 2.95. The van der Waals surface area contributed by atoms with Crippen molar-refractivity contribution in [3.63, 3.8) is 0 Å². The summed E-state index contributed by atoms with van der Waals surface area (Å²) in [5, 5.41) is 1.47. The van der Waals surface area contributed by atoms with Gasteiger partial charge in [0.05, 0.1) is 16.3 Å². The zero-order valence-electron chi connectivity index (χ0n) is 19.5. The molecule has 0 fully saturated rings. The molecule has 0 saturated carbocycles. The number of halogens is 5. The van der Waals surface area contributed by atoms with Crippen molar-refractivity contribution in [3.8, 4) is 28.3 Å². The van der Waals surface area contributed by atoms with Crippen LogP contribution in [0, 0.1) is 11.6 Å². The van der Waals surface area contributed by atoms with Gasteiger partial charge < -0.3 is 9.64 Å². The second-order valence-corrected chi connectivity index (χ2v) is 9.17. The van der Waals surface area contributed by atoms with E-state index in [4.69, 9.17) is 49.5 Å². The molecule has 186 valence electrons. The molecule has 1 heterocycles. The summed E-state index contributed by atoms with van der Waals surface area (Å²) < 4.78 is 33.4. The number of ether oxygens (including phenoxy) is 1. The summed E-state index contributed by atoms with van der Waals surface area (Å²) in [6.45, 7) is 5.27. The first-order valence-corrected chi connectivity index (χ1v) is 12.4. The van der Waals surface area contributed by atoms with E-state index >= 15 is 0 Å². The van der Waals surface area contributed by atoms with Crippen molar-refractivity contribution in [1.29, 1.82) is 0 Å². The van der Waals surface area contributed by atoms with Gasteiger partial charge in [0.15, 0.2) is 11.6 Å². The van der Waals surface area contributed by atoms with E-state index in [9.17, 15) is 8.78 Å². The molecule has 0 aliphatic rings. The standard InChI is InChI=1S/C27H22Cl3F2N3O/c1-3-35(4-2)27-33-25(20-11-10-19(29)14-21(20)30)24(17-6-8-18(28)9-7-17)26(34-27)36-15-16-5-12-22(31)23(32)13-16/h5-14H,3-4,15H2,1-2H3. The molecule has 4 aromatic rings. The minimum atomic E-state index is -0.950. The molecule has 4 rings (SSSR count). The summed E-state index contributed by atoms with van der Waals surface area (Å²) in [5.74, 6) is -1.17. The maximum atomic E-state index is 13.8. The number of hydrogen-bond donors (Lipinski definition) is 0. The first-order valence-electron chi connectivity index (χ1n) is 11.3. The highest BCUT2D eigenvalue weighted by Crippen LogP contribution is 2.42. The third kappa shape index (κ3) is 5.72. The van der Waals surface area contributed by atoms with Gasteiger partial charge in [-0.05, 0) is 67.4 Å². The first-order chi connectivity index (χ1) is 17.3. The number of anilines is 1. The summed E-state index contributed by atoms with van der Waals surface area (Å²) in [4.78, 5) is 11.6. The number of nitrogens with zero attached hydrogens (tertiary/aromatic N) is 3. The average Bonchev–Trinajstić information content (AvgIpc) is 2.86.